The second-order valence-electron chi connectivity index (χ2n) is 4.45. The normalized spacial score (nSPS) is 19.1. The second kappa shape index (κ2) is 4.85. The Hall–Kier alpha value is -1.06. The Kier molecular flexibility index (Phi) is 3.46. The number of aliphatic hydroxyl groups is 1. The molecule has 0 bridgehead atoms. The molecule has 0 spiro atoms. The molecular weight excluding hydrogens is 202 g/mol. The zero-order valence-corrected chi connectivity index (χ0v) is 9.72. The molecule has 0 aromatic heterocycles. The van der Waals surface area contributed by atoms with Crippen LogP contribution in [0.25, 0.3) is 0 Å². The van der Waals surface area contributed by atoms with E-state index in [0.29, 0.717) is 6.61 Å². The average molecular weight is 221 g/mol. The van der Waals surface area contributed by atoms with Crippen molar-refractivity contribution in [2.75, 3.05) is 26.2 Å². The Balaban J connectivity index is 1.64. The molecule has 0 saturated carbocycles. The topological polar surface area (TPSA) is 32.7 Å². The molecular formula is C13H19NO2. The third-order valence-electron chi connectivity index (χ3n) is 3.11. The Morgan fingerprint density at radius 1 is 1.31 bits per heavy atom. The number of hydrogen-bond acceptors (Lipinski definition) is 3. The highest BCUT2D eigenvalue weighted by Crippen LogP contribution is 2.23. The molecule has 88 valence electrons. The van der Waals surface area contributed by atoms with Gasteiger partial charge < -0.3 is 9.84 Å². The van der Waals surface area contributed by atoms with Gasteiger partial charge in [-0.15, -0.1) is 0 Å². The van der Waals surface area contributed by atoms with Crippen molar-refractivity contribution in [1.29, 1.82) is 0 Å². The van der Waals surface area contributed by atoms with Crippen LogP contribution >= 0.6 is 0 Å². The van der Waals surface area contributed by atoms with Crippen LogP contribution in [0.5, 0.6) is 5.75 Å². The van der Waals surface area contributed by atoms with Crippen molar-refractivity contribution in [3.05, 3.63) is 30.3 Å². The van der Waals surface area contributed by atoms with E-state index in [2.05, 4.69) is 4.90 Å². The van der Waals surface area contributed by atoms with Crippen LogP contribution in [0.2, 0.25) is 0 Å². The number of para-hydroxylation sites is 1. The van der Waals surface area contributed by atoms with Gasteiger partial charge in [0.25, 0.3) is 0 Å². The number of ether oxygens (including phenoxy) is 1. The fourth-order valence-electron chi connectivity index (χ4n) is 1.98. The molecule has 1 heterocycles. The molecule has 0 radical (unpaired) electrons. The molecule has 1 fully saturated rings. The first kappa shape index (κ1) is 11.4. The minimum absolute atomic E-state index is 0.438. The van der Waals surface area contributed by atoms with Gasteiger partial charge in [0.05, 0.1) is 5.60 Å². The average Bonchev–Trinajstić information content (AvgIpc) is 2.28. The quantitative estimate of drug-likeness (QED) is 0.818. The lowest BCUT2D eigenvalue weighted by Gasteiger charge is -2.46. The molecule has 1 aromatic carbocycles. The lowest BCUT2D eigenvalue weighted by atomic mass is 9.91. The second-order valence-corrected chi connectivity index (χ2v) is 4.45. The van der Waals surface area contributed by atoms with E-state index in [1.165, 1.54) is 0 Å². The van der Waals surface area contributed by atoms with Crippen molar-refractivity contribution in [3.8, 4) is 5.75 Å². The van der Waals surface area contributed by atoms with Crippen LogP contribution in [0.4, 0.5) is 0 Å². The van der Waals surface area contributed by atoms with Gasteiger partial charge in [-0.2, -0.15) is 0 Å². The standard InChI is InChI=1S/C13H19NO2/c1-2-13(15)10-14(11-13)8-9-16-12-6-4-3-5-7-12/h3-7,15H,2,8-11H2,1H3. The van der Waals surface area contributed by atoms with Gasteiger partial charge in [0.1, 0.15) is 12.4 Å². The molecule has 3 nitrogen and oxygen atoms in total. The summed E-state index contributed by atoms with van der Waals surface area (Å²) >= 11 is 0. The van der Waals surface area contributed by atoms with Crippen molar-refractivity contribution in [3.63, 3.8) is 0 Å². The molecule has 1 aliphatic rings. The molecule has 0 amide bonds. The number of benzene rings is 1. The Morgan fingerprint density at radius 2 is 2.00 bits per heavy atom. The molecule has 3 heteroatoms. The maximum Gasteiger partial charge on any atom is 0.119 e. The smallest absolute Gasteiger partial charge is 0.119 e. The van der Waals surface area contributed by atoms with Gasteiger partial charge in [0.2, 0.25) is 0 Å². The van der Waals surface area contributed by atoms with E-state index in [1.807, 2.05) is 37.3 Å². The third-order valence-corrected chi connectivity index (χ3v) is 3.11. The minimum atomic E-state index is -0.438. The van der Waals surface area contributed by atoms with Crippen LogP contribution in [0.3, 0.4) is 0 Å². The molecule has 0 aliphatic carbocycles. The summed E-state index contributed by atoms with van der Waals surface area (Å²) in [6.07, 6.45) is 0.836. The van der Waals surface area contributed by atoms with Crippen molar-refractivity contribution < 1.29 is 9.84 Å². The van der Waals surface area contributed by atoms with Crippen LogP contribution < -0.4 is 4.74 Å². The number of rotatable bonds is 5. The molecule has 1 aliphatic heterocycles. The van der Waals surface area contributed by atoms with E-state index >= 15 is 0 Å². The first-order valence-corrected chi connectivity index (χ1v) is 5.84. The third kappa shape index (κ3) is 2.74. The van der Waals surface area contributed by atoms with Crippen LogP contribution in [0.1, 0.15) is 13.3 Å². The lowest BCUT2D eigenvalue weighted by molar-refractivity contribution is -0.102. The molecule has 1 N–H and O–H groups in total. The minimum Gasteiger partial charge on any atom is -0.492 e. The van der Waals surface area contributed by atoms with E-state index < -0.39 is 5.60 Å². The predicted octanol–water partition coefficient (Wildman–Crippen LogP) is 1.52. The largest absolute Gasteiger partial charge is 0.492 e. The first-order valence-electron chi connectivity index (χ1n) is 5.84. The maximum atomic E-state index is 9.82. The summed E-state index contributed by atoms with van der Waals surface area (Å²) < 4.78 is 5.59. The summed E-state index contributed by atoms with van der Waals surface area (Å²) in [5.74, 6) is 0.911. The van der Waals surface area contributed by atoms with Gasteiger partial charge in [-0.25, -0.2) is 0 Å². The van der Waals surface area contributed by atoms with E-state index in [0.717, 1.165) is 31.8 Å². The van der Waals surface area contributed by atoms with Crippen molar-refractivity contribution in [1.82, 2.24) is 4.90 Å². The Morgan fingerprint density at radius 3 is 2.62 bits per heavy atom. The zero-order valence-electron chi connectivity index (χ0n) is 9.72. The molecule has 2 rings (SSSR count). The number of nitrogens with zero attached hydrogens (tertiary/aromatic N) is 1. The van der Waals surface area contributed by atoms with Crippen LogP contribution in [-0.2, 0) is 0 Å². The van der Waals surface area contributed by atoms with Gasteiger partial charge in [-0.1, -0.05) is 25.1 Å². The maximum absolute atomic E-state index is 9.82. The number of β-amino-alcohol motifs (C(OH)–C–C–N with tert-alkyl or cyclic N) is 1. The molecule has 0 unspecified atom stereocenters. The van der Waals surface area contributed by atoms with Crippen LogP contribution in [0, 0.1) is 0 Å². The summed E-state index contributed by atoms with van der Waals surface area (Å²) in [7, 11) is 0. The number of likely N-dealkylation sites (tertiary alicyclic amines) is 1. The van der Waals surface area contributed by atoms with Crippen LogP contribution in [-0.4, -0.2) is 41.8 Å². The van der Waals surface area contributed by atoms with Crippen molar-refractivity contribution in [2.24, 2.45) is 0 Å². The van der Waals surface area contributed by atoms with Gasteiger partial charge in [-0.05, 0) is 18.6 Å². The summed E-state index contributed by atoms with van der Waals surface area (Å²) in [6, 6.07) is 9.82. The fourth-order valence-corrected chi connectivity index (χ4v) is 1.98. The summed E-state index contributed by atoms with van der Waals surface area (Å²) in [6.45, 7) is 5.15. The lowest BCUT2D eigenvalue weighted by Crippen LogP contribution is -2.61. The Labute approximate surface area is 96.6 Å². The van der Waals surface area contributed by atoms with Gasteiger partial charge in [0, 0.05) is 19.6 Å². The highest BCUT2D eigenvalue weighted by atomic mass is 16.5. The Bertz CT molecular complexity index is 320. The molecule has 1 aromatic rings. The molecule has 1 saturated heterocycles. The predicted molar refractivity (Wildman–Crippen MR) is 63.6 cm³/mol. The highest BCUT2D eigenvalue weighted by molar-refractivity contribution is 5.20. The van der Waals surface area contributed by atoms with Gasteiger partial charge >= 0.3 is 0 Å². The fraction of sp³-hybridized carbons (Fsp3) is 0.538. The van der Waals surface area contributed by atoms with Crippen molar-refractivity contribution in [2.45, 2.75) is 18.9 Å². The van der Waals surface area contributed by atoms with E-state index in [9.17, 15) is 5.11 Å². The van der Waals surface area contributed by atoms with E-state index in [-0.39, 0.29) is 0 Å². The zero-order chi connectivity index (χ0) is 11.4. The SMILES string of the molecule is CCC1(O)CN(CCOc2ccccc2)C1. The summed E-state index contributed by atoms with van der Waals surface area (Å²) in [5.41, 5.74) is -0.438. The van der Waals surface area contributed by atoms with E-state index in [1.54, 1.807) is 0 Å². The molecule has 0 atom stereocenters. The number of hydrogen-bond donors (Lipinski definition) is 1. The van der Waals surface area contributed by atoms with E-state index in [4.69, 9.17) is 4.74 Å². The first-order chi connectivity index (χ1) is 7.72. The van der Waals surface area contributed by atoms with Crippen molar-refractivity contribution >= 4 is 0 Å². The van der Waals surface area contributed by atoms with Gasteiger partial charge in [0.15, 0.2) is 0 Å². The van der Waals surface area contributed by atoms with Crippen LogP contribution in [0.15, 0.2) is 30.3 Å². The van der Waals surface area contributed by atoms with Gasteiger partial charge in [-0.3, -0.25) is 4.90 Å². The summed E-state index contributed by atoms with van der Waals surface area (Å²) in [5, 5.41) is 9.82. The monoisotopic (exact) mass is 221 g/mol. The summed E-state index contributed by atoms with van der Waals surface area (Å²) in [4.78, 5) is 2.21. The molecule has 16 heavy (non-hydrogen) atoms. The highest BCUT2D eigenvalue weighted by Gasteiger charge is 2.38.